The second kappa shape index (κ2) is 8.79. The van der Waals surface area contributed by atoms with Gasteiger partial charge in [-0.15, -0.1) is 11.6 Å². The first-order valence-electron chi connectivity index (χ1n) is 5.02. The van der Waals surface area contributed by atoms with E-state index in [0.29, 0.717) is 11.9 Å². The summed E-state index contributed by atoms with van der Waals surface area (Å²) >= 11 is 5.69. The molecule has 0 rings (SSSR count). The summed E-state index contributed by atoms with van der Waals surface area (Å²) in [5, 5.41) is 3.46. The standard InChI is InChI=1S/C10H22ClNO/c1-4-9(2)7-12-10(5-6-11)8-13-3/h9-10,12H,4-8H2,1-3H3. The minimum absolute atomic E-state index is 0.413. The van der Waals surface area contributed by atoms with E-state index in [-0.39, 0.29) is 0 Å². The van der Waals surface area contributed by atoms with E-state index in [1.54, 1.807) is 7.11 Å². The van der Waals surface area contributed by atoms with Crippen molar-refractivity contribution >= 4 is 11.6 Å². The van der Waals surface area contributed by atoms with E-state index >= 15 is 0 Å². The van der Waals surface area contributed by atoms with Gasteiger partial charge in [0.25, 0.3) is 0 Å². The molecule has 2 unspecified atom stereocenters. The van der Waals surface area contributed by atoms with Crippen molar-refractivity contribution in [2.24, 2.45) is 5.92 Å². The molecule has 0 aromatic rings. The zero-order chi connectivity index (χ0) is 10.1. The van der Waals surface area contributed by atoms with E-state index in [2.05, 4.69) is 19.2 Å². The van der Waals surface area contributed by atoms with Crippen LogP contribution in [0.5, 0.6) is 0 Å². The number of methoxy groups -OCH3 is 1. The Morgan fingerprint density at radius 3 is 2.62 bits per heavy atom. The van der Waals surface area contributed by atoms with E-state index in [1.165, 1.54) is 6.42 Å². The second-order valence-electron chi connectivity index (χ2n) is 3.55. The maximum atomic E-state index is 5.69. The van der Waals surface area contributed by atoms with Crippen LogP contribution < -0.4 is 5.32 Å². The van der Waals surface area contributed by atoms with Gasteiger partial charge in [0.05, 0.1) is 6.61 Å². The van der Waals surface area contributed by atoms with Crippen LogP contribution in [0.2, 0.25) is 0 Å². The first-order valence-corrected chi connectivity index (χ1v) is 5.56. The van der Waals surface area contributed by atoms with Gasteiger partial charge in [0.1, 0.15) is 0 Å². The molecule has 13 heavy (non-hydrogen) atoms. The molecule has 0 spiro atoms. The van der Waals surface area contributed by atoms with Crippen LogP contribution in [0.3, 0.4) is 0 Å². The van der Waals surface area contributed by atoms with Gasteiger partial charge in [-0.05, 0) is 18.9 Å². The van der Waals surface area contributed by atoms with Gasteiger partial charge in [0.2, 0.25) is 0 Å². The first kappa shape index (κ1) is 13.2. The van der Waals surface area contributed by atoms with E-state index < -0.39 is 0 Å². The number of ether oxygens (including phenoxy) is 1. The van der Waals surface area contributed by atoms with Crippen LogP contribution in [0, 0.1) is 5.92 Å². The summed E-state index contributed by atoms with van der Waals surface area (Å²) in [6.45, 7) is 6.27. The molecule has 0 aliphatic carbocycles. The number of rotatable bonds is 8. The topological polar surface area (TPSA) is 21.3 Å². The molecule has 0 bridgehead atoms. The average molecular weight is 208 g/mol. The second-order valence-corrected chi connectivity index (χ2v) is 3.93. The van der Waals surface area contributed by atoms with Gasteiger partial charge in [-0.25, -0.2) is 0 Å². The minimum atomic E-state index is 0.413. The number of hydrogen-bond donors (Lipinski definition) is 1. The Bertz CT molecular complexity index is 105. The molecule has 0 saturated heterocycles. The van der Waals surface area contributed by atoms with Gasteiger partial charge >= 0.3 is 0 Å². The molecule has 3 heteroatoms. The lowest BCUT2D eigenvalue weighted by Gasteiger charge is -2.19. The number of halogens is 1. The highest BCUT2D eigenvalue weighted by molar-refractivity contribution is 6.17. The van der Waals surface area contributed by atoms with Gasteiger partial charge < -0.3 is 10.1 Å². The largest absolute Gasteiger partial charge is 0.383 e. The lowest BCUT2D eigenvalue weighted by Crippen LogP contribution is -2.36. The SMILES string of the molecule is CCC(C)CNC(CCCl)COC. The van der Waals surface area contributed by atoms with Crippen molar-refractivity contribution in [3.05, 3.63) is 0 Å². The Balaban J connectivity index is 3.55. The normalized spacial score (nSPS) is 15.7. The fraction of sp³-hybridized carbons (Fsp3) is 1.00. The zero-order valence-electron chi connectivity index (χ0n) is 8.98. The van der Waals surface area contributed by atoms with Crippen molar-refractivity contribution in [2.45, 2.75) is 32.7 Å². The highest BCUT2D eigenvalue weighted by Gasteiger charge is 2.07. The van der Waals surface area contributed by atoms with Crippen molar-refractivity contribution < 1.29 is 4.74 Å². The van der Waals surface area contributed by atoms with Crippen molar-refractivity contribution in [3.8, 4) is 0 Å². The van der Waals surface area contributed by atoms with E-state index in [0.717, 1.165) is 25.5 Å². The summed E-state index contributed by atoms with van der Waals surface area (Å²) in [6.07, 6.45) is 2.19. The highest BCUT2D eigenvalue weighted by Crippen LogP contribution is 2.01. The molecule has 2 nitrogen and oxygen atoms in total. The summed E-state index contributed by atoms with van der Waals surface area (Å²) in [5.41, 5.74) is 0. The third kappa shape index (κ3) is 7.29. The van der Waals surface area contributed by atoms with Crippen LogP contribution >= 0.6 is 11.6 Å². The van der Waals surface area contributed by atoms with Gasteiger partial charge in [0, 0.05) is 19.0 Å². The van der Waals surface area contributed by atoms with Crippen LogP contribution in [0.1, 0.15) is 26.7 Å². The third-order valence-electron chi connectivity index (χ3n) is 2.28. The molecule has 0 aliphatic rings. The van der Waals surface area contributed by atoms with E-state index in [1.807, 2.05) is 0 Å². The average Bonchev–Trinajstić information content (AvgIpc) is 2.14. The molecule has 0 fully saturated rings. The number of hydrogen-bond acceptors (Lipinski definition) is 2. The fourth-order valence-corrected chi connectivity index (χ4v) is 1.35. The van der Waals surface area contributed by atoms with Gasteiger partial charge in [-0.3, -0.25) is 0 Å². The molecule has 0 radical (unpaired) electrons. The quantitative estimate of drug-likeness (QED) is 0.617. The predicted octanol–water partition coefficient (Wildman–Crippen LogP) is 2.27. The molecule has 0 aromatic heterocycles. The van der Waals surface area contributed by atoms with E-state index in [4.69, 9.17) is 16.3 Å². The summed E-state index contributed by atoms with van der Waals surface area (Å²) in [6, 6.07) is 0.413. The Kier molecular flexibility index (Phi) is 8.93. The van der Waals surface area contributed by atoms with Crippen LogP contribution in [-0.4, -0.2) is 32.2 Å². The van der Waals surface area contributed by atoms with Gasteiger partial charge in [0.15, 0.2) is 0 Å². The smallest absolute Gasteiger partial charge is 0.0616 e. The number of nitrogens with one attached hydrogen (secondary N) is 1. The monoisotopic (exact) mass is 207 g/mol. The van der Waals surface area contributed by atoms with Crippen molar-refractivity contribution in [1.29, 1.82) is 0 Å². The fourth-order valence-electron chi connectivity index (χ4n) is 1.09. The summed E-state index contributed by atoms with van der Waals surface area (Å²) < 4.78 is 5.10. The van der Waals surface area contributed by atoms with Crippen molar-refractivity contribution in [3.63, 3.8) is 0 Å². The van der Waals surface area contributed by atoms with Crippen LogP contribution in [0.15, 0.2) is 0 Å². The maximum absolute atomic E-state index is 5.69. The first-order chi connectivity index (χ1) is 6.24. The molecule has 0 heterocycles. The van der Waals surface area contributed by atoms with Crippen LogP contribution in [0.4, 0.5) is 0 Å². The number of alkyl halides is 1. The predicted molar refractivity (Wildman–Crippen MR) is 58.5 cm³/mol. The van der Waals surface area contributed by atoms with Crippen LogP contribution in [0.25, 0.3) is 0 Å². The van der Waals surface area contributed by atoms with Crippen molar-refractivity contribution in [2.75, 3.05) is 26.1 Å². The maximum Gasteiger partial charge on any atom is 0.0616 e. The zero-order valence-corrected chi connectivity index (χ0v) is 9.73. The molecular weight excluding hydrogens is 186 g/mol. The molecule has 0 saturated carbocycles. The molecular formula is C10H22ClNO. The molecule has 0 amide bonds. The summed E-state index contributed by atoms with van der Waals surface area (Å²) in [5.74, 6) is 1.43. The molecule has 80 valence electrons. The molecule has 2 atom stereocenters. The Labute approximate surface area is 87.0 Å². The Hall–Kier alpha value is 0.210. The highest BCUT2D eigenvalue weighted by atomic mass is 35.5. The summed E-state index contributed by atoms with van der Waals surface area (Å²) in [4.78, 5) is 0. The van der Waals surface area contributed by atoms with E-state index in [9.17, 15) is 0 Å². The van der Waals surface area contributed by atoms with Gasteiger partial charge in [-0.2, -0.15) is 0 Å². The third-order valence-corrected chi connectivity index (χ3v) is 2.50. The van der Waals surface area contributed by atoms with Crippen LogP contribution in [-0.2, 0) is 4.74 Å². The summed E-state index contributed by atoms with van der Waals surface area (Å²) in [7, 11) is 1.73. The molecule has 0 aromatic carbocycles. The lowest BCUT2D eigenvalue weighted by molar-refractivity contribution is 0.162. The van der Waals surface area contributed by atoms with Crippen molar-refractivity contribution in [1.82, 2.24) is 5.32 Å². The minimum Gasteiger partial charge on any atom is -0.383 e. The molecule has 0 aliphatic heterocycles. The molecule has 1 N–H and O–H groups in total. The Morgan fingerprint density at radius 2 is 2.15 bits per heavy atom. The lowest BCUT2D eigenvalue weighted by atomic mass is 10.1. The Morgan fingerprint density at radius 1 is 1.46 bits per heavy atom. The van der Waals surface area contributed by atoms with Gasteiger partial charge in [-0.1, -0.05) is 20.3 Å².